The molecule has 1 unspecified atom stereocenters. The van der Waals surface area contributed by atoms with Crippen molar-refractivity contribution in [1.29, 1.82) is 0 Å². The van der Waals surface area contributed by atoms with Gasteiger partial charge in [-0.05, 0) is 32.4 Å². The molecular weight excluding hydrogens is 138 g/mol. The summed E-state index contributed by atoms with van der Waals surface area (Å²) in [6.45, 7) is 6.65. The van der Waals surface area contributed by atoms with Crippen molar-refractivity contribution in [2.75, 3.05) is 26.7 Å². The van der Waals surface area contributed by atoms with Crippen LogP contribution in [0.15, 0.2) is 0 Å². The Morgan fingerprint density at radius 2 is 2.09 bits per heavy atom. The smallest absolute Gasteiger partial charge is 0.0471 e. The summed E-state index contributed by atoms with van der Waals surface area (Å²) < 4.78 is 0. The maximum atomic E-state index is 8.78. The highest BCUT2D eigenvalue weighted by Gasteiger charge is 2.15. The highest BCUT2D eigenvalue weighted by molar-refractivity contribution is 4.68. The number of aliphatic hydroxyl groups excluding tert-OH is 1. The largest absolute Gasteiger partial charge is 0.396 e. The van der Waals surface area contributed by atoms with E-state index in [1.807, 2.05) is 13.8 Å². The molecule has 0 saturated carbocycles. The third kappa shape index (κ3) is 4.38. The van der Waals surface area contributed by atoms with Crippen molar-refractivity contribution in [2.24, 2.45) is 5.92 Å². The lowest BCUT2D eigenvalue weighted by atomic mass is 10.00. The first kappa shape index (κ1) is 10.9. The molecule has 1 heterocycles. The molecule has 1 rings (SSSR count). The summed E-state index contributed by atoms with van der Waals surface area (Å²) >= 11 is 0. The normalized spacial score (nSPS) is 25.6. The van der Waals surface area contributed by atoms with Gasteiger partial charge in [-0.25, -0.2) is 0 Å². The second kappa shape index (κ2) is 6.62. The zero-order valence-electron chi connectivity index (χ0n) is 8.01. The molecule has 1 aliphatic rings. The summed E-state index contributed by atoms with van der Waals surface area (Å²) in [4.78, 5) is 2.28. The van der Waals surface area contributed by atoms with Crippen LogP contribution < -0.4 is 0 Å². The molecule has 0 amide bonds. The van der Waals surface area contributed by atoms with Gasteiger partial charge in [0.25, 0.3) is 0 Å². The lowest BCUT2D eigenvalue weighted by molar-refractivity contribution is 0.138. The number of rotatable bonds is 1. The molecule has 0 bridgehead atoms. The Labute approximate surface area is 70.2 Å². The second-order valence-corrected chi connectivity index (χ2v) is 2.95. The van der Waals surface area contributed by atoms with Crippen LogP contribution in [0.2, 0.25) is 0 Å². The van der Waals surface area contributed by atoms with Crippen LogP contribution in [-0.4, -0.2) is 36.8 Å². The number of nitrogens with zero attached hydrogens (tertiary/aromatic N) is 1. The predicted molar refractivity (Wildman–Crippen MR) is 48.7 cm³/mol. The molecule has 2 heteroatoms. The Hall–Kier alpha value is -0.0800. The molecule has 68 valence electrons. The second-order valence-electron chi connectivity index (χ2n) is 2.95. The van der Waals surface area contributed by atoms with Gasteiger partial charge < -0.3 is 10.0 Å². The number of likely N-dealkylation sites (tertiary alicyclic amines) is 1. The quantitative estimate of drug-likeness (QED) is 0.624. The molecule has 0 radical (unpaired) electrons. The summed E-state index contributed by atoms with van der Waals surface area (Å²) in [6.07, 6.45) is 2.46. The lowest BCUT2D eigenvalue weighted by Crippen LogP contribution is -2.33. The van der Waals surface area contributed by atoms with Crippen molar-refractivity contribution < 1.29 is 5.11 Å². The van der Waals surface area contributed by atoms with Gasteiger partial charge in [0, 0.05) is 13.2 Å². The van der Waals surface area contributed by atoms with Crippen molar-refractivity contribution in [2.45, 2.75) is 26.7 Å². The van der Waals surface area contributed by atoms with Gasteiger partial charge in [0.15, 0.2) is 0 Å². The number of aliphatic hydroxyl groups is 1. The first-order valence-electron chi connectivity index (χ1n) is 4.62. The standard InChI is InChI=1S/C7H15NO.C2H6/c1-8-4-2-3-7(5-8)6-9;1-2/h7,9H,2-6H2,1H3;1-2H3. The molecule has 0 aromatic carbocycles. The van der Waals surface area contributed by atoms with Gasteiger partial charge in [-0.1, -0.05) is 13.8 Å². The van der Waals surface area contributed by atoms with E-state index < -0.39 is 0 Å². The molecule has 1 fully saturated rings. The van der Waals surface area contributed by atoms with E-state index in [1.54, 1.807) is 0 Å². The molecule has 1 saturated heterocycles. The van der Waals surface area contributed by atoms with Crippen LogP contribution in [0.1, 0.15) is 26.7 Å². The van der Waals surface area contributed by atoms with Gasteiger partial charge in [-0.2, -0.15) is 0 Å². The molecule has 0 spiro atoms. The monoisotopic (exact) mass is 159 g/mol. The average Bonchev–Trinajstić information content (AvgIpc) is 2.08. The summed E-state index contributed by atoms with van der Waals surface area (Å²) in [5, 5.41) is 8.78. The topological polar surface area (TPSA) is 23.5 Å². The Bertz CT molecular complexity index is 85.6. The van der Waals surface area contributed by atoms with E-state index in [4.69, 9.17) is 5.11 Å². The van der Waals surface area contributed by atoms with Gasteiger partial charge in [0.1, 0.15) is 0 Å². The van der Waals surface area contributed by atoms with Gasteiger partial charge in [0.2, 0.25) is 0 Å². The van der Waals surface area contributed by atoms with E-state index >= 15 is 0 Å². The Kier molecular flexibility index (Phi) is 6.57. The summed E-state index contributed by atoms with van der Waals surface area (Å²) in [7, 11) is 2.11. The fourth-order valence-electron chi connectivity index (χ4n) is 1.42. The Morgan fingerprint density at radius 3 is 2.45 bits per heavy atom. The molecule has 2 nitrogen and oxygen atoms in total. The van der Waals surface area contributed by atoms with Crippen molar-refractivity contribution in [3.8, 4) is 0 Å². The molecule has 0 aromatic rings. The van der Waals surface area contributed by atoms with E-state index in [0.717, 1.165) is 6.54 Å². The van der Waals surface area contributed by atoms with Crippen molar-refractivity contribution in [3.05, 3.63) is 0 Å². The molecule has 1 atom stereocenters. The fourth-order valence-corrected chi connectivity index (χ4v) is 1.42. The van der Waals surface area contributed by atoms with E-state index in [9.17, 15) is 0 Å². The third-order valence-corrected chi connectivity index (χ3v) is 1.98. The first-order chi connectivity index (χ1) is 5.33. The minimum Gasteiger partial charge on any atom is -0.396 e. The minimum atomic E-state index is 0.365. The van der Waals surface area contributed by atoms with Gasteiger partial charge in [-0.3, -0.25) is 0 Å². The number of piperidine rings is 1. The van der Waals surface area contributed by atoms with Crippen LogP contribution in [0.5, 0.6) is 0 Å². The maximum absolute atomic E-state index is 8.78. The summed E-state index contributed by atoms with van der Waals surface area (Å²) in [5.74, 6) is 0.545. The van der Waals surface area contributed by atoms with Crippen LogP contribution in [0.3, 0.4) is 0 Å². The van der Waals surface area contributed by atoms with Crippen LogP contribution in [0, 0.1) is 5.92 Å². The fraction of sp³-hybridized carbons (Fsp3) is 1.00. The van der Waals surface area contributed by atoms with Crippen molar-refractivity contribution >= 4 is 0 Å². The Morgan fingerprint density at radius 1 is 1.45 bits per heavy atom. The molecule has 11 heavy (non-hydrogen) atoms. The van der Waals surface area contributed by atoms with Crippen molar-refractivity contribution in [1.82, 2.24) is 4.90 Å². The number of hydrogen-bond donors (Lipinski definition) is 1. The average molecular weight is 159 g/mol. The van der Waals surface area contributed by atoms with Gasteiger partial charge in [-0.15, -0.1) is 0 Å². The SMILES string of the molecule is CC.CN1CCCC(CO)C1. The molecule has 1 N–H and O–H groups in total. The molecule has 0 aromatic heterocycles. The van der Waals surface area contributed by atoms with Gasteiger partial charge in [0.05, 0.1) is 0 Å². The van der Waals surface area contributed by atoms with Crippen LogP contribution >= 0.6 is 0 Å². The highest BCUT2D eigenvalue weighted by atomic mass is 16.3. The minimum absolute atomic E-state index is 0.365. The van der Waals surface area contributed by atoms with Gasteiger partial charge >= 0.3 is 0 Å². The van der Waals surface area contributed by atoms with E-state index in [2.05, 4.69) is 11.9 Å². The maximum Gasteiger partial charge on any atom is 0.0471 e. The molecule has 0 aliphatic carbocycles. The zero-order valence-corrected chi connectivity index (χ0v) is 8.01. The first-order valence-corrected chi connectivity index (χ1v) is 4.62. The van der Waals surface area contributed by atoms with Crippen LogP contribution in [0.4, 0.5) is 0 Å². The molecular formula is C9H21NO. The van der Waals surface area contributed by atoms with E-state index in [1.165, 1.54) is 19.4 Å². The lowest BCUT2D eigenvalue weighted by Gasteiger charge is -2.27. The van der Waals surface area contributed by atoms with E-state index in [0.29, 0.717) is 12.5 Å². The van der Waals surface area contributed by atoms with Crippen LogP contribution in [0.25, 0.3) is 0 Å². The predicted octanol–water partition coefficient (Wildman–Crippen LogP) is 1.35. The summed E-state index contributed by atoms with van der Waals surface area (Å²) in [6, 6.07) is 0. The van der Waals surface area contributed by atoms with Crippen molar-refractivity contribution in [3.63, 3.8) is 0 Å². The Balaban J connectivity index is 0.000000461. The van der Waals surface area contributed by atoms with Crippen LogP contribution in [-0.2, 0) is 0 Å². The summed E-state index contributed by atoms with van der Waals surface area (Å²) in [5.41, 5.74) is 0. The number of hydrogen-bond acceptors (Lipinski definition) is 2. The third-order valence-electron chi connectivity index (χ3n) is 1.98. The molecule has 1 aliphatic heterocycles. The van der Waals surface area contributed by atoms with E-state index in [-0.39, 0.29) is 0 Å². The zero-order chi connectivity index (χ0) is 8.69. The highest BCUT2D eigenvalue weighted by Crippen LogP contribution is 2.13.